The molecule has 2 aliphatic rings. The molecular formula is C11H13N5O4. The molecule has 3 rings (SSSR count). The molecule has 1 atom stereocenters. The molecule has 9 nitrogen and oxygen atoms in total. The molecule has 2 fully saturated rings. The molecule has 2 aliphatic heterocycles. The Kier molecular flexibility index (Phi) is 3.18. The second-order valence-electron chi connectivity index (χ2n) is 4.74. The third-order valence-electron chi connectivity index (χ3n) is 3.23. The van der Waals surface area contributed by atoms with Gasteiger partial charge in [-0.25, -0.2) is 0 Å². The summed E-state index contributed by atoms with van der Waals surface area (Å²) in [6, 6.07) is -0.0321. The van der Waals surface area contributed by atoms with Gasteiger partial charge >= 0.3 is 0 Å². The van der Waals surface area contributed by atoms with Crippen LogP contribution >= 0.6 is 0 Å². The smallest absolute Gasteiger partial charge is 0.296 e. The molecule has 3 heterocycles. The van der Waals surface area contributed by atoms with E-state index in [4.69, 9.17) is 4.52 Å². The molecule has 0 aliphatic carbocycles. The molecule has 1 aromatic rings. The van der Waals surface area contributed by atoms with E-state index in [1.54, 1.807) is 0 Å². The van der Waals surface area contributed by atoms with Gasteiger partial charge in [0.05, 0.1) is 6.04 Å². The van der Waals surface area contributed by atoms with Crippen molar-refractivity contribution in [2.75, 3.05) is 19.6 Å². The molecule has 0 aromatic carbocycles. The van der Waals surface area contributed by atoms with Crippen molar-refractivity contribution in [2.24, 2.45) is 0 Å². The Morgan fingerprint density at radius 3 is 2.70 bits per heavy atom. The highest BCUT2D eigenvalue weighted by molar-refractivity contribution is 6.04. The molecule has 2 N–H and O–H groups in total. The largest absolute Gasteiger partial charge is 0.337 e. The topological polar surface area (TPSA) is 117 Å². The Bertz CT molecular complexity index is 547. The lowest BCUT2D eigenvalue weighted by atomic mass is 10.2. The molecule has 0 radical (unpaired) electrons. The lowest BCUT2D eigenvalue weighted by Crippen LogP contribution is -2.53. The van der Waals surface area contributed by atoms with Crippen LogP contribution in [0.3, 0.4) is 0 Å². The second kappa shape index (κ2) is 5.00. The summed E-state index contributed by atoms with van der Waals surface area (Å²) < 4.78 is 5.06. The fourth-order valence-corrected chi connectivity index (χ4v) is 2.28. The first-order chi connectivity index (χ1) is 9.63. The first kappa shape index (κ1) is 12.7. The number of amides is 3. The third kappa shape index (κ3) is 2.39. The summed E-state index contributed by atoms with van der Waals surface area (Å²) in [6.45, 7) is 0.503. The minimum absolute atomic E-state index is 0.0321. The van der Waals surface area contributed by atoms with Gasteiger partial charge in [0.2, 0.25) is 17.7 Å². The van der Waals surface area contributed by atoms with Crippen LogP contribution in [0.15, 0.2) is 4.52 Å². The zero-order valence-electron chi connectivity index (χ0n) is 10.6. The minimum atomic E-state index is -0.582. The predicted octanol–water partition coefficient (Wildman–Crippen LogP) is -1.41. The lowest BCUT2D eigenvalue weighted by molar-refractivity contribution is -0.135. The molecule has 2 saturated heterocycles. The van der Waals surface area contributed by atoms with Gasteiger partial charge in [-0.2, -0.15) is 4.98 Å². The summed E-state index contributed by atoms with van der Waals surface area (Å²) in [5, 5.41) is 8.92. The number of hydrogen-bond donors (Lipinski definition) is 2. The Morgan fingerprint density at radius 2 is 2.05 bits per heavy atom. The number of rotatable bonds is 2. The van der Waals surface area contributed by atoms with Crippen LogP contribution in [0.2, 0.25) is 0 Å². The van der Waals surface area contributed by atoms with Crippen molar-refractivity contribution >= 4 is 17.7 Å². The molecule has 9 heteroatoms. The van der Waals surface area contributed by atoms with E-state index in [1.165, 1.54) is 0 Å². The number of carbonyl (C=O) groups is 3. The van der Waals surface area contributed by atoms with Gasteiger partial charge in [-0.3, -0.25) is 19.7 Å². The number of imide groups is 1. The van der Waals surface area contributed by atoms with E-state index in [-0.39, 0.29) is 25.0 Å². The summed E-state index contributed by atoms with van der Waals surface area (Å²) in [6.07, 6.45) is 1.89. The Hall–Kier alpha value is -2.29. The summed E-state index contributed by atoms with van der Waals surface area (Å²) in [7, 11) is 0. The normalized spacial score (nSPS) is 23.0. The third-order valence-corrected chi connectivity index (χ3v) is 3.23. The first-order valence-electron chi connectivity index (χ1n) is 6.32. The number of hydrogen-bond acceptors (Lipinski definition) is 7. The predicted molar refractivity (Wildman–Crippen MR) is 63.3 cm³/mol. The van der Waals surface area contributed by atoms with Gasteiger partial charge in [0.15, 0.2) is 0 Å². The van der Waals surface area contributed by atoms with Crippen molar-refractivity contribution in [2.45, 2.75) is 18.9 Å². The van der Waals surface area contributed by atoms with E-state index >= 15 is 0 Å². The maximum atomic E-state index is 12.1. The van der Waals surface area contributed by atoms with Gasteiger partial charge in [0.25, 0.3) is 11.7 Å². The number of nitrogens with zero attached hydrogens (tertiary/aromatic N) is 3. The standard InChI is InChI=1S/C11H13N5O4/c17-7-4-16(5-8(18)13-7)11(19)9-14-10(20-15-9)6-2-1-3-12-6/h6,12H,1-5H2,(H,13,17,18). The maximum absolute atomic E-state index is 12.1. The van der Waals surface area contributed by atoms with E-state index < -0.39 is 17.7 Å². The van der Waals surface area contributed by atoms with Crippen LogP contribution in [0, 0.1) is 0 Å². The fraction of sp³-hybridized carbons (Fsp3) is 0.545. The lowest BCUT2D eigenvalue weighted by Gasteiger charge is -2.23. The van der Waals surface area contributed by atoms with Crippen LogP contribution in [0.25, 0.3) is 0 Å². The fourth-order valence-electron chi connectivity index (χ4n) is 2.28. The van der Waals surface area contributed by atoms with Crippen LogP contribution < -0.4 is 10.6 Å². The number of piperazine rings is 1. The van der Waals surface area contributed by atoms with Crippen molar-refractivity contribution in [1.29, 1.82) is 0 Å². The van der Waals surface area contributed by atoms with Crippen LogP contribution in [-0.2, 0) is 9.59 Å². The molecular weight excluding hydrogens is 266 g/mol. The SMILES string of the molecule is O=C1CN(C(=O)c2noc(C3CCCN3)n2)CC(=O)N1. The Labute approximate surface area is 113 Å². The monoisotopic (exact) mass is 279 g/mol. The number of nitrogens with one attached hydrogen (secondary N) is 2. The van der Waals surface area contributed by atoms with Crippen molar-refractivity contribution in [1.82, 2.24) is 25.7 Å². The number of carbonyl (C=O) groups excluding carboxylic acids is 3. The highest BCUT2D eigenvalue weighted by atomic mass is 16.5. The zero-order valence-corrected chi connectivity index (χ0v) is 10.6. The van der Waals surface area contributed by atoms with Crippen molar-refractivity contribution < 1.29 is 18.9 Å². The molecule has 3 amide bonds. The maximum Gasteiger partial charge on any atom is 0.296 e. The highest BCUT2D eigenvalue weighted by Crippen LogP contribution is 2.21. The molecule has 0 spiro atoms. The van der Waals surface area contributed by atoms with Gasteiger partial charge in [0.1, 0.15) is 13.1 Å². The Morgan fingerprint density at radius 1 is 1.30 bits per heavy atom. The average Bonchev–Trinajstić information content (AvgIpc) is 3.07. The number of aromatic nitrogens is 2. The van der Waals surface area contributed by atoms with Gasteiger partial charge in [0, 0.05) is 0 Å². The molecule has 1 aromatic heterocycles. The van der Waals surface area contributed by atoms with Crippen molar-refractivity contribution in [3.63, 3.8) is 0 Å². The van der Waals surface area contributed by atoms with E-state index in [9.17, 15) is 14.4 Å². The van der Waals surface area contributed by atoms with Crippen LogP contribution in [-0.4, -0.2) is 52.4 Å². The zero-order chi connectivity index (χ0) is 14.1. The van der Waals surface area contributed by atoms with Crippen molar-refractivity contribution in [3.05, 3.63) is 11.7 Å². The molecule has 20 heavy (non-hydrogen) atoms. The molecule has 0 bridgehead atoms. The van der Waals surface area contributed by atoms with Gasteiger partial charge < -0.3 is 14.7 Å². The van der Waals surface area contributed by atoms with Crippen LogP contribution in [0.1, 0.15) is 35.4 Å². The van der Waals surface area contributed by atoms with Gasteiger partial charge in [-0.05, 0) is 19.4 Å². The van der Waals surface area contributed by atoms with Crippen molar-refractivity contribution in [3.8, 4) is 0 Å². The average molecular weight is 279 g/mol. The minimum Gasteiger partial charge on any atom is -0.337 e. The first-order valence-corrected chi connectivity index (χ1v) is 6.32. The quantitative estimate of drug-likeness (QED) is 0.639. The van der Waals surface area contributed by atoms with Crippen LogP contribution in [0.5, 0.6) is 0 Å². The summed E-state index contributed by atoms with van der Waals surface area (Å²) in [5.41, 5.74) is 0. The Balaban J connectivity index is 1.73. The second-order valence-corrected chi connectivity index (χ2v) is 4.74. The highest BCUT2D eigenvalue weighted by Gasteiger charge is 2.31. The van der Waals surface area contributed by atoms with E-state index in [1.807, 2.05) is 0 Å². The molecule has 106 valence electrons. The molecule has 1 unspecified atom stereocenters. The summed E-state index contributed by atoms with van der Waals surface area (Å²) >= 11 is 0. The summed E-state index contributed by atoms with van der Waals surface area (Å²) in [4.78, 5) is 39.7. The van der Waals surface area contributed by atoms with E-state index in [0.717, 1.165) is 24.3 Å². The van der Waals surface area contributed by atoms with E-state index in [2.05, 4.69) is 20.8 Å². The summed E-state index contributed by atoms with van der Waals surface area (Å²) in [5.74, 6) is -1.39. The van der Waals surface area contributed by atoms with Gasteiger partial charge in [-0.15, -0.1) is 0 Å². The van der Waals surface area contributed by atoms with Gasteiger partial charge in [-0.1, -0.05) is 5.16 Å². The molecule has 0 saturated carbocycles. The van der Waals surface area contributed by atoms with E-state index in [0.29, 0.717) is 5.89 Å². The van der Waals surface area contributed by atoms with Crippen LogP contribution in [0.4, 0.5) is 0 Å².